The first-order chi connectivity index (χ1) is 7.66. The molecule has 0 aromatic rings. The predicted octanol–water partition coefficient (Wildman–Crippen LogP) is 0.483. The van der Waals surface area contributed by atoms with E-state index in [4.69, 9.17) is 10.00 Å². The highest BCUT2D eigenvalue weighted by Crippen LogP contribution is 2.27. The summed E-state index contributed by atoms with van der Waals surface area (Å²) in [6, 6.07) is 1.62. The average Bonchev–Trinajstić information content (AvgIpc) is 2.79. The van der Waals surface area contributed by atoms with Crippen molar-refractivity contribution in [2.45, 2.75) is 37.0 Å². The van der Waals surface area contributed by atoms with Crippen LogP contribution in [0.15, 0.2) is 0 Å². The smallest absolute Gasteiger partial charge is 0.218 e. The van der Waals surface area contributed by atoms with Gasteiger partial charge in [0, 0.05) is 19.8 Å². The lowest BCUT2D eigenvalue weighted by molar-refractivity contribution is 0.0972. The molecule has 6 heteroatoms. The van der Waals surface area contributed by atoms with E-state index in [1.54, 1.807) is 0 Å². The molecule has 0 aromatic heterocycles. The Kier molecular flexibility index (Phi) is 3.47. The van der Waals surface area contributed by atoms with Gasteiger partial charge in [-0.3, -0.25) is 0 Å². The largest absolute Gasteiger partial charge is 0.381 e. The quantitative estimate of drug-likeness (QED) is 0.708. The second-order valence-electron chi connectivity index (χ2n) is 4.25. The van der Waals surface area contributed by atoms with Crippen molar-refractivity contribution in [2.24, 2.45) is 0 Å². The Labute approximate surface area is 96.0 Å². The molecule has 0 aromatic carbocycles. The summed E-state index contributed by atoms with van der Waals surface area (Å²) in [5.74, 6) is 0. The van der Waals surface area contributed by atoms with Crippen molar-refractivity contribution in [3.05, 3.63) is 0 Å². The molecule has 0 amide bonds. The Morgan fingerprint density at radius 3 is 2.56 bits per heavy atom. The van der Waals surface area contributed by atoms with Gasteiger partial charge in [0.1, 0.15) is 6.04 Å². The van der Waals surface area contributed by atoms with E-state index in [2.05, 4.69) is 6.07 Å². The van der Waals surface area contributed by atoms with Crippen molar-refractivity contribution in [1.29, 1.82) is 5.26 Å². The van der Waals surface area contributed by atoms with Crippen LogP contribution in [0.1, 0.15) is 25.7 Å². The lowest BCUT2D eigenvalue weighted by Gasteiger charge is -2.28. The molecule has 2 saturated heterocycles. The highest BCUT2D eigenvalue weighted by molar-refractivity contribution is 7.89. The molecule has 0 saturated carbocycles. The molecule has 2 aliphatic rings. The molecule has 0 bridgehead atoms. The van der Waals surface area contributed by atoms with Crippen LogP contribution in [0.2, 0.25) is 0 Å². The summed E-state index contributed by atoms with van der Waals surface area (Å²) in [7, 11) is -3.29. The van der Waals surface area contributed by atoms with E-state index in [0.29, 0.717) is 39.0 Å². The number of hydrogen-bond acceptors (Lipinski definition) is 4. The van der Waals surface area contributed by atoms with Crippen LogP contribution in [0.25, 0.3) is 0 Å². The van der Waals surface area contributed by atoms with Gasteiger partial charge in [-0.1, -0.05) is 0 Å². The van der Waals surface area contributed by atoms with E-state index < -0.39 is 16.1 Å². The third kappa shape index (κ3) is 2.08. The number of hydrogen-bond donors (Lipinski definition) is 0. The fourth-order valence-corrected chi connectivity index (χ4v) is 4.40. The van der Waals surface area contributed by atoms with Crippen LogP contribution in [0, 0.1) is 11.3 Å². The Morgan fingerprint density at radius 2 is 1.94 bits per heavy atom. The van der Waals surface area contributed by atoms with Crippen molar-refractivity contribution in [3.63, 3.8) is 0 Å². The Balaban J connectivity index is 2.14. The van der Waals surface area contributed by atoms with Gasteiger partial charge in [-0.2, -0.15) is 9.57 Å². The average molecular weight is 244 g/mol. The molecule has 1 unspecified atom stereocenters. The number of rotatable bonds is 2. The lowest BCUT2D eigenvalue weighted by Crippen LogP contribution is -2.43. The zero-order chi connectivity index (χ0) is 11.6. The van der Waals surface area contributed by atoms with Gasteiger partial charge in [0.15, 0.2) is 0 Å². The van der Waals surface area contributed by atoms with Crippen molar-refractivity contribution in [3.8, 4) is 6.07 Å². The summed E-state index contributed by atoms with van der Waals surface area (Å²) < 4.78 is 31.1. The molecule has 2 heterocycles. The molecule has 0 spiro atoms. The zero-order valence-electron chi connectivity index (χ0n) is 9.13. The zero-order valence-corrected chi connectivity index (χ0v) is 9.95. The Bertz CT molecular complexity index is 381. The van der Waals surface area contributed by atoms with Crippen molar-refractivity contribution < 1.29 is 13.2 Å². The highest BCUT2D eigenvalue weighted by atomic mass is 32.2. The number of nitriles is 1. The van der Waals surface area contributed by atoms with E-state index in [1.165, 1.54) is 4.31 Å². The topological polar surface area (TPSA) is 70.4 Å². The molecule has 5 nitrogen and oxygen atoms in total. The third-order valence-electron chi connectivity index (χ3n) is 3.27. The van der Waals surface area contributed by atoms with Crippen LogP contribution < -0.4 is 0 Å². The molecular weight excluding hydrogens is 228 g/mol. The maximum atomic E-state index is 12.3. The molecule has 16 heavy (non-hydrogen) atoms. The minimum absolute atomic E-state index is 0.352. The van der Waals surface area contributed by atoms with E-state index in [0.717, 1.165) is 6.42 Å². The third-order valence-corrected chi connectivity index (χ3v) is 5.67. The van der Waals surface area contributed by atoms with E-state index >= 15 is 0 Å². The van der Waals surface area contributed by atoms with Gasteiger partial charge >= 0.3 is 0 Å². The maximum Gasteiger partial charge on any atom is 0.218 e. The van der Waals surface area contributed by atoms with Gasteiger partial charge in [-0.15, -0.1) is 0 Å². The van der Waals surface area contributed by atoms with Crippen LogP contribution in [0.3, 0.4) is 0 Å². The molecule has 2 aliphatic heterocycles. The van der Waals surface area contributed by atoms with E-state index in [9.17, 15) is 8.42 Å². The molecule has 90 valence electrons. The van der Waals surface area contributed by atoms with Gasteiger partial charge in [0.05, 0.1) is 11.3 Å². The first-order valence-electron chi connectivity index (χ1n) is 5.64. The highest BCUT2D eigenvalue weighted by Gasteiger charge is 2.39. The first-order valence-corrected chi connectivity index (χ1v) is 7.14. The first kappa shape index (κ1) is 11.8. The van der Waals surface area contributed by atoms with Gasteiger partial charge in [-0.25, -0.2) is 8.42 Å². The molecular formula is C10H16N2O3S. The number of nitrogens with zero attached hydrogens (tertiary/aromatic N) is 2. The number of ether oxygens (including phenoxy) is 1. The minimum atomic E-state index is -3.29. The fourth-order valence-electron chi connectivity index (χ4n) is 2.34. The second kappa shape index (κ2) is 4.70. The molecule has 2 fully saturated rings. The van der Waals surface area contributed by atoms with Crippen LogP contribution in [0.5, 0.6) is 0 Å². The molecule has 0 aliphatic carbocycles. The summed E-state index contributed by atoms with van der Waals surface area (Å²) in [5, 5.41) is 8.57. The van der Waals surface area contributed by atoms with Gasteiger partial charge < -0.3 is 4.74 Å². The summed E-state index contributed by atoms with van der Waals surface area (Å²) >= 11 is 0. The van der Waals surface area contributed by atoms with Crippen LogP contribution in [0.4, 0.5) is 0 Å². The summed E-state index contributed by atoms with van der Waals surface area (Å²) in [6.45, 7) is 1.52. The standard InChI is InChI=1S/C10H16N2O3S/c11-8-9-2-1-5-12(9)16(13,14)10-3-6-15-7-4-10/h9-10H,1-7H2. The minimum Gasteiger partial charge on any atom is -0.381 e. The Morgan fingerprint density at radius 1 is 1.25 bits per heavy atom. The monoisotopic (exact) mass is 244 g/mol. The van der Waals surface area contributed by atoms with E-state index in [-0.39, 0.29) is 5.25 Å². The molecule has 1 atom stereocenters. The van der Waals surface area contributed by atoms with E-state index in [1.807, 2.05) is 0 Å². The summed E-state index contributed by atoms with van der Waals surface area (Å²) in [6.07, 6.45) is 2.56. The lowest BCUT2D eigenvalue weighted by atomic mass is 10.2. The predicted molar refractivity (Wildman–Crippen MR) is 58.1 cm³/mol. The van der Waals surface area contributed by atoms with Gasteiger partial charge in [0.25, 0.3) is 0 Å². The van der Waals surface area contributed by atoms with Crippen LogP contribution >= 0.6 is 0 Å². The van der Waals surface area contributed by atoms with Crippen molar-refractivity contribution in [2.75, 3.05) is 19.8 Å². The second-order valence-corrected chi connectivity index (χ2v) is 6.42. The fraction of sp³-hybridized carbons (Fsp3) is 0.900. The molecule has 2 rings (SSSR count). The van der Waals surface area contributed by atoms with Gasteiger partial charge in [-0.05, 0) is 25.7 Å². The van der Waals surface area contributed by atoms with Gasteiger partial charge in [0.2, 0.25) is 10.0 Å². The Hall–Kier alpha value is -0.640. The summed E-state index contributed by atoms with van der Waals surface area (Å²) in [5.41, 5.74) is 0. The SMILES string of the molecule is N#CC1CCCN1S(=O)(=O)C1CCOCC1. The summed E-state index contributed by atoms with van der Waals surface area (Å²) in [4.78, 5) is 0. The van der Waals surface area contributed by atoms with Crippen molar-refractivity contribution in [1.82, 2.24) is 4.31 Å². The molecule has 0 radical (unpaired) electrons. The van der Waals surface area contributed by atoms with Crippen LogP contribution in [-0.4, -0.2) is 43.8 Å². The maximum absolute atomic E-state index is 12.3. The van der Waals surface area contributed by atoms with Crippen molar-refractivity contribution >= 4 is 10.0 Å². The normalized spacial score (nSPS) is 29.1. The molecule has 0 N–H and O–H groups in total. The van der Waals surface area contributed by atoms with Crippen LogP contribution in [-0.2, 0) is 14.8 Å². The number of sulfonamides is 1.